The quantitative estimate of drug-likeness (QED) is 0.632. The molecule has 1 spiro atoms. The Bertz CT molecular complexity index is 1040. The summed E-state index contributed by atoms with van der Waals surface area (Å²) in [5, 5.41) is 17.6. The van der Waals surface area contributed by atoms with Crippen molar-refractivity contribution in [1.82, 2.24) is 15.1 Å². The SMILES string of the molecule is CCCCOc1ccc2c(c1)CC[C@]21Cc2nn(CCC3CC3)c(C(=O)O)c2C(=O)N1. The van der Waals surface area contributed by atoms with Crippen molar-refractivity contribution in [3.63, 3.8) is 0 Å². The molecule has 1 amide bonds. The molecule has 2 N–H and O–H groups in total. The number of unbranched alkanes of at least 4 members (excludes halogenated alkanes) is 1. The summed E-state index contributed by atoms with van der Waals surface area (Å²) in [6, 6.07) is 6.11. The summed E-state index contributed by atoms with van der Waals surface area (Å²) in [6.45, 7) is 3.39. The zero-order valence-corrected chi connectivity index (χ0v) is 17.9. The van der Waals surface area contributed by atoms with Crippen LogP contribution in [0.3, 0.4) is 0 Å². The van der Waals surface area contributed by atoms with Crippen LogP contribution in [-0.2, 0) is 24.9 Å². The van der Waals surface area contributed by atoms with E-state index in [9.17, 15) is 14.7 Å². The standard InChI is InChI=1S/C24H29N3O4/c1-2-3-12-31-17-6-7-18-16(13-17)8-10-24(18)14-19-20(22(28)25-24)21(23(29)30)27(26-19)11-9-15-4-5-15/h6-7,13,15H,2-5,8-12,14H2,1H3,(H,25,28)(H,29,30)/t24-/m0/s1. The van der Waals surface area contributed by atoms with Crippen LogP contribution in [0, 0.1) is 5.92 Å². The molecule has 7 heteroatoms. The number of aromatic carboxylic acids is 1. The van der Waals surface area contributed by atoms with E-state index in [1.165, 1.54) is 18.4 Å². The van der Waals surface area contributed by atoms with Gasteiger partial charge < -0.3 is 15.2 Å². The fourth-order valence-corrected chi connectivity index (χ4v) is 5.04. The number of aromatic nitrogens is 2. The number of fused-ring (bicyclic) bond motifs is 3. The van der Waals surface area contributed by atoms with Crippen LogP contribution < -0.4 is 10.1 Å². The number of carboxylic acids is 1. The number of hydrogen-bond acceptors (Lipinski definition) is 4. The number of ether oxygens (including phenoxy) is 1. The summed E-state index contributed by atoms with van der Waals surface area (Å²) < 4.78 is 7.40. The van der Waals surface area contributed by atoms with Crippen LogP contribution in [0.15, 0.2) is 18.2 Å². The average molecular weight is 424 g/mol. The molecular weight excluding hydrogens is 394 g/mol. The van der Waals surface area contributed by atoms with E-state index in [0.717, 1.165) is 43.4 Å². The van der Waals surface area contributed by atoms with Crippen LogP contribution in [-0.4, -0.2) is 33.4 Å². The highest BCUT2D eigenvalue weighted by Gasteiger charge is 2.47. The lowest BCUT2D eigenvalue weighted by Crippen LogP contribution is -2.50. The number of aryl methyl sites for hydroxylation is 2. The van der Waals surface area contributed by atoms with Crippen molar-refractivity contribution in [2.45, 2.75) is 70.4 Å². The number of carbonyl (C=O) groups is 2. The van der Waals surface area contributed by atoms with Gasteiger partial charge in [0.2, 0.25) is 0 Å². The number of nitrogens with one attached hydrogen (secondary N) is 1. The summed E-state index contributed by atoms with van der Waals surface area (Å²) >= 11 is 0. The van der Waals surface area contributed by atoms with Gasteiger partial charge in [0.1, 0.15) is 5.75 Å². The maximum absolute atomic E-state index is 13.1. The van der Waals surface area contributed by atoms with Crippen LogP contribution in [0.5, 0.6) is 5.75 Å². The normalized spacial score (nSPS) is 21.6. The first kappa shape index (κ1) is 20.1. The Hall–Kier alpha value is -2.83. The first-order chi connectivity index (χ1) is 15.0. The summed E-state index contributed by atoms with van der Waals surface area (Å²) in [4.78, 5) is 25.1. The molecule has 1 atom stereocenters. The van der Waals surface area contributed by atoms with Crippen LogP contribution in [0.25, 0.3) is 0 Å². The van der Waals surface area contributed by atoms with Gasteiger partial charge in [-0.25, -0.2) is 4.79 Å². The Kier molecular flexibility index (Phi) is 4.99. The zero-order valence-electron chi connectivity index (χ0n) is 17.9. The summed E-state index contributed by atoms with van der Waals surface area (Å²) in [6.07, 6.45) is 7.59. The molecular formula is C24H29N3O4. The van der Waals surface area contributed by atoms with Crippen molar-refractivity contribution in [3.05, 3.63) is 46.3 Å². The molecule has 31 heavy (non-hydrogen) atoms. The van der Waals surface area contributed by atoms with Gasteiger partial charge in [0.05, 0.1) is 23.4 Å². The number of carbonyl (C=O) groups excluding carboxylic acids is 1. The molecule has 0 unspecified atom stereocenters. The predicted molar refractivity (Wildman–Crippen MR) is 115 cm³/mol. The van der Waals surface area contributed by atoms with Crippen molar-refractivity contribution >= 4 is 11.9 Å². The molecule has 2 aromatic rings. The smallest absolute Gasteiger partial charge is 0.355 e. The Morgan fingerprint density at radius 2 is 2.23 bits per heavy atom. The third kappa shape index (κ3) is 3.60. The average Bonchev–Trinajstić information content (AvgIpc) is 3.41. The van der Waals surface area contributed by atoms with Crippen LogP contribution in [0.1, 0.15) is 83.1 Å². The summed E-state index contributed by atoms with van der Waals surface area (Å²) in [5.74, 6) is 0.117. The van der Waals surface area contributed by atoms with Crippen LogP contribution in [0.4, 0.5) is 0 Å². The van der Waals surface area contributed by atoms with Gasteiger partial charge >= 0.3 is 5.97 Å². The topological polar surface area (TPSA) is 93.5 Å². The third-order valence-electron chi connectivity index (χ3n) is 6.90. The fraction of sp³-hybridized carbons (Fsp3) is 0.542. The maximum atomic E-state index is 13.1. The minimum absolute atomic E-state index is 0.0286. The van der Waals surface area contributed by atoms with Gasteiger partial charge in [-0.2, -0.15) is 5.10 Å². The van der Waals surface area contributed by atoms with Gasteiger partial charge in [0, 0.05) is 13.0 Å². The van der Waals surface area contributed by atoms with E-state index in [2.05, 4.69) is 29.5 Å². The van der Waals surface area contributed by atoms with Crippen molar-refractivity contribution in [2.75, 3.05) is 6.61 Å². The van der Waals surface area contributed by atoms with Gasteiger partial charge in [-0.1, -0.05) is 32.3 Å². The van der Waals surface area contributed by atoms with Crippen LogP contribution in [0.2, 0.25) is 0 Å². The second-order valence-corrected chi connectivity index (χ2v) is 9.16. The van der Waals surface area contributed by atoms with Crippen LogP contribution >= 0.6 is 0 Å². The van der Waals surface area contributed by atoms with Crippen molar-refractivity contribution in [3.8, 4) is 5.75 Å². The van der Waals surface area contributed by atoms with Gasteiger partial charge in [-0.05, 0) is 54.9 Å². The van der Waals surface area contributed by atoms with E-state index in [0.29, 0.717) is 31.2 Å². The lowest BCUT2D eigenvalue weighted by atomic mass is 9.82. The number of benzene rings is 1. The maximum Gasteiger partial charge on any atom is 0.355 e. The zero-order chi connectivity index (χ0) is 21.6. The molecule has 1 aromatic heterocycles. The fourth-order valence-electron chi connectivity index (χ4n) is 5.04. The highest BCUT2D eigenvalue weighted by molar-refractivity contribution is 6.06. The number of carboxylic acid groups (broad SMARTS) is 1. The summed E-state index contributed by atoms with van der Waals surface area (Å²) in [5.41, 5.74) is 2.63. The minimum Gasteiger partial charge on any atom is -0.494 e. The molecule has 2 aliphatic carbocycles. The lowest BCUT2D eigenvalue weighted by molar-refractivity contribution is 0.0674. The number of amides is 1. The molecule has 0 saturated heterocycles. The first-order valence-corrected chi connectivity index (χ1v) is 11.4. The highest BCUT2D eigenvalue weighted by Crippen LogP contribution is 2.44. The number of nitrogens with zero attached hydrogens (tertiary/aromatic N) is 2. The van der Waals surface area contributed by atoms with Crippen molar-refractivity contribution < 1.29 is 19.4 Å². The Morgan fingerprint density at radius 3 is 2.97 bits per heavy atom. The monoisotopic (exact) mass is 423 g/mol. The van der Waals surface area contributed by atoms with Crippen molar-refractivity contribution in [2.24, 2.45) is 5.92 Å². The second-order valence-electron chi connectivity index (χ2n) is 9.16. The second kappa shape index (κ2) is 7.70. The first-order valence-electron chi connectivity index (χ1n) is 11.4. The molecule has 164 valence electrons. The molecule has 1 saturated carbocycles. The Balaban J connectivity index is 1.44. The largest absolute Gasteiger partial charge is 0.494 e. The highest BCUT2D eigenvalue weighted by atomic mass is 16.5. The van der Waals surface area contributed by atoms with E-state index in [-0.39, 0.29) is 17.2 Å². The predicted octanol–water partition coefficient (Wildman–Crippen LogP) is 3.69. The molecule has 5 rings (SSSR count). The molecule has 1 aromatic carbocycles. The molecule has 1 fully saturated rings. The Labute approximate surface area is 181 Å². The molecule has 1 aliphatic heterocycles. The molecule has 0 radical (unpaired) electrons. The van der Waals surface area contributed by atoms with Crippen molar-refractivity contribution in [1.29, 1.82) is 0 Å². The van der Waals surface area contributed by atoms with E-state index in [4.69, 9.17) is 4.74 Å². The molecule has 7 nitrogen and oxygen atoms in total. The molecule has 2 heterocycles. The number of rotatable bonds is 8. The molecule has 0 bridgehead atoms. The number of hydrogen-bond donors (Lipinski definition) is 2. The van der Waals surface area contributed by atoms with Gasteiger partial charge in [-0.3, -0.25) is 9.48 Å². The van der Waals surface area contributed by atoms with Gasteiger partial charge in [0.15, 0.2) is 5.69 Å². The van der Waals surface area contributed by atoms with Gasteiger partial charge in [0.25, 0.3) is 5.91 Å². The van der Waals surface area contributed by atoms with E-state index in [1.54, 1.807) is 4.68 Å². The third-order valence-corrected chi connectivity index (χ3v) is 6.90. The van der Waals surface area contributed by atoms with Gasteiger partial charge in [-0.15, -0.1) is 0 Å². The minimum atomic E-state index is -1.09. The lowest BCUT2D eigenvalue weighted by Gasteiger charge is -2.35. The molecule has 3 aliphatic rings. The van der Waals surface area contributed by atoms with E-state index >= 15 is 0 Å². The van der Waals surface area contributed by atoms with E-state index in [1.807, 2.05) is 6.07 Å². The van der Waals surface area contributed by atoms with E-state index < -0.39 is 11.5 Å². The Morgan fingerprint density at radius 1 is 1.39 bits per heavy atom. The summed E-state index contributed by atoms with van der Waals surface area (Å²) in [7, 11) is 0.